The molecule has 24 heavy (non-hydrogen) atoms. The average molecular weight is 328 g/mol. The molecule has 0 atom stereocenters. The molecular formula is C15H16N6O3. The number of methoxy groups -OCH3 is 2. The molecule has 1 amide bonds. The summed E-state index contributed by atoms with van der Waals surface area (Å²) < 4.78 is 12.0. The van der Waals surface area contributed by atoms with Gasteiger partial charge in [0.1, 0.15) is 6.33 Å². The molecule has 9 heteroatoms. The first kappa shape index (κ1) is 15.5. The van der Waals surface area contributed by atoms with Gasteiger partial charge in [-0.2, -0.15) is 5.10 Å². The summed E-state index contributed by atoms with van der Waals surface area (Å²) in [6, 6.07) is 4.89. The molecule has 9 nitrogen and oxygen atoms in total. The molecule has 1 aromatic carbocycles. The quantitative estimate of drug-likeness (QED) is 0.677. The molecule has 0 radical (unpaired) electrons. The highest BCUT2D eigenvalue weighted by molar-refractivity contribution is 5.96. The maximum Gasteiger partial charge on any atom is 0.269 e. The monoisotopic (exact) mass is 328 g/mol. The summed E-state index contributed by atoms with van der Waals surface area (Å²) in [6.07, 6.45) is 3.02. The maximum atomic E-state index is 12.3. The maximum absolute atomic E-state index is 12.3. The predicted octanol–water partition coefficient (Wildman–Crippen LogP) is 1.14. The predicted molar refractivity (Wildman–Crippen MR) is 86.9 cm³/mol. The number of aromatic nitrogens is 4. The van der Waals surface area contributed by atoms with E-state index < -0.39 is 0 Å². The van der Waals surface area contributed by atoms with Crippen LogP contribution in [0.25, 0.3) is 11.0 Å². The number of rotatable bonds is 5. The van der Waals surface area contributed by atoms with Gasteiger partial charge in [0, 0.05) is 12.6 Å². The first-order valence-corrected chi connectivity index (χ1v) is 7.05. The Morgan fingerprint density at radius 2 is 1.96 bits per heavy atom. The molecule has 0 aliphatic rings. The molecule has 0 bridgehead atoms. The smallest absolute Gasteiger partial charge is 0.269 e. The van der Waals surface area contributed by atoms with Crippen molar-refractivity contribution in [1.29, 1.82) is 0 Å². The van der Waals surface area contributed by atoms with E-state index in [1.54, 1.807) is 36.1 Å². The van der Waals surface area contributed by atoms with Crippen LogP contribution in [0, 0.1) is 0 Å². The molecule has 0 saturated heterocycles. The zero-order valence-corrected chi connectivity index (χ0v) is 13.4. The second-order valence-corrected chi connectivity index (χ2v) is 4.88. The minimum Gasteiger partial charge on any atom is -0.493 e. The number of hydrazine groups is 1. The lowest BCUT2D eigenvalue weighted by atomic mass is 10.2. The highest BCUT2D eigenvalue weighted by Crippen LogP contribution is 2.27. The number of anilines is 1. The molecule has 0 fully saturated rings. The van der Waals surface area contributed by atoms with Crippen molar-refractivity contribution in [2.45, 2.75) is 0 Å². The van der Waals surface area contributed by atoms with E-state index in [4.69, 9.17) is 9.47 Å². The van der Waals surface area contributed by atoms with Gasteiger partial charge in [0.2, 0.25) is 0 Å². The van der Waals surface area contributed by atoms with E-state index in [2.05, 4.69) is 25.9 Å². The second-order valence-electron chi connectivity index (χ2n) is 4.88. The summed E-state index contributed by atoms with van der Waals surface area (Å²) in [7, 11) is 4.83. The molecule has 0 aliphatic carbocycles. The number of hydrogen-bond donors (Lipinski definition) is 2. The van der Waals surface area contributed by atoms with Gasteiger partial charge in [0.15, 0.2) is 23.0 Å². The van der Waals surface area contributed by atoms with E-state index in [0.717, 1.165) is 0 Å². The lowest BCUT2D eigenvalue weighted by Gasteiger charge is -2.11. The zero-order chi connectivity index (χ0) is 17.1. The van der Waals surface area contributed by atoms with Gasteiger partial charge in [-0.1, -0.05) is 0 Å². The SMILES string of the molecule is COc1ccc(C(=O)NNc2ncnc3c2cnn3C)cc1OC. The van der Waals surface area contributed by atoms with Crippen LogP contribution in [-0.2, 0) is 7.05 Å². The first-order valence-electron chi connectivity index (χ1n) is 7.05. The molecule has 0 spiro atoms. The molecule has 3 rings (SSSR count). The Hall–Kier alpha value is -3.36. The van der Waals surface area contributed by atoms with E-state index in [1.807, 2.05) is 0 Å². The van der Waals surface area contributed by atoms with Crippen LogP contribution in [0.1, 0.15) is 10.4 Å². The Labute approximate surface area is 137 Å². The number of hydrogen-bond acceptors (Lipinski definition) is 7. The summed E-state index contributed by atoms with van der Waals surface area (Å²) in [4.78, 5) is 20.5. The summed E-state index contributed by atoms with van der Waals surface area (Å²) >= 11 is 0. The number of amides is 1. The van der Waals surface area contributed by atoms with Gasteiger partial charge in [0.05, 0.1) is 25.8 Å². The highest BCUT2D eigenvalue weighted by Gasteiger charge is 2.12. The Balaban J connectivity index is 1.77. The number of nitrogens with zero attached hydrogens (tertiary/aromatic N) is 4. The van der Waals surface area contributed by atoms with Gasteiger partial charge in [-0.15, -0.1) is 0 Å². The van der Waals surface area contributed by atoms with Crippen LogP contribution in [0.2, 0.25) is 0 Å². The van der Waals surface area contributed by atoms with Gasteiger partial charge >= 0.3 is 0 Å². The van der Waals surface area contributed by atoms with Crippen molar-refractivity contribution in [1.82, 2.24) is 25.2 Å². The fourth-order valence-corrected chi connectivity index (χ4v) is 2.23. The van der Waals surface area contributed by atoms with Crippen LogP contribution in [0.3, 0.4) is 0 Å². The number of carbonyl (C=O) groups excluding carboxylic acids is 1. The van der Waals surface area contributed by atoms with E-state index in [1.165, 1.54) is 20.5 Å². The van der Waals surface area contributed by atoms with Crippen LogP contribution in [-0.4, -0.2) is 39.9 Å². The van der Waals surface area contributed by atoms with Crippen LogP contribution < -0.4 is 20.3 Å². The van der Waals surface area contributed by atoms with Gasteiger partial charge in [0.25, 0.3) is 5.91 Å². The van der Waals surface area contributed by atoms with Crippen molar-refractivity contribution in [3.05, 3.63) is 36.3 Å². The fraction of sp³-hybridized carbons (Fsp3) is 0.200. The number of ether oxygens (including phenoxy) is 2. The molecule has 0 saturated carbocycles. The minimum atomic E-state index is -0.341. The summed E-state index contributed by atoms with van der Waals surface area (Å²) in [5.74, 6) is 1.14. The van der Waals surface area contributed by atoms with Gasteiger partial charge in [-0.3, -0.25) is 20.3 Å². The summed E-state index contributed by atoms with van der Waals surface area (Å²) in [5.41, 5.74) is 6.46. The fourth-order valence-electron chi connectivity index (χ4n) is 2.23. The van der Waals surface area contributed by atoms with Crippen molar-refractivity contribution in [2.24, 2.45) is 7.05 Å². The second kappa shape index (κ2) is 6.41. The van der Waals surface area contributed by atoms with Gasteiger partial charge in [-0.25, -0.2) is 9.97 Å². The minimum absolute atomic E-state index is 0.341. The third-order valence-corrected chi connectivity index (χ3v) is 3.47. The third-order valence-electron chi connectivity index (χ3n) is 3.47. The van der Waals surface area contributed by atoms with Crippen LogP contribution in [0.15, 0.2) is 30.7 Å². The Morgan fingerprint density at radius 3 is 2.71 bits per heavy atom. The number of carbonyl (C=O) groups is 1. The van der Waals surface area contributed by atoms with E-state index >= 15 is 0 Å². The first-order chi connectivity index (χ1) is 11.6. The molecule has 2 heterocycles. The Bertz CT molecular complexity index is 892. The number of benzene rings is 1. The summed E-state index contributed by atoms with van der Waals surface area (Å²) in [5, 5.41) is 4.82. The lowest BCUT2D eigenvalue weighted by Crippen LogP contribution is -2.29. The van der Waals surface area contributed by atoms with Crippen molar-refractivity contribution in [2.75, 3.05) is 19.6 Å². The summed E-state index contributed by atoms with van der Waals surface area (Å²) in [6.45, 7) is 0. The molecule has 2 aromatic heterocycles. The lowest BCUT2D eigenvalue weighted by molar-refractivity contribution is 0.0962. The van der Waals surface area contributed by atoms with Crippen molar-refractivity contribution in [3.63, 3.8) is 0 Å². The number of fused-ring (bicyclic) bond motifs is 1. The molecular weight excluding hydrogens is 312 g/mol. The molecule has 0 aliphatic heterocycles. The van der Waals surface area contributed by atoms with Gasteiger partial charge in [-0.05, 0) is 18.2 Å². The molecule has 124 valence electrons. The Kier molecular flexibility index (Phi) is 4.15. The third kappa shape index (κ3) is 2.78. The number of nitrogens with one attached hydrogen (secondary N) is 2. The van der Waals surface area contributed by atoms with Crippen molar-refractivity contribution < 1.29 is 14.3 Å². The van der Waals surface area contributed by atoms with Crippen LogP contribution in [0.4, 0.5) is 5.82 Å². The zero-order valence-electron chi connectivity index (χ0n) is 13.4. The van der Waals surface area contributed by atoms with E-state index in [0.29, 0.717) is 33.9 Å². The Morgan fingerprint density at radius 1 is 1.17 bits per heavy atom. The van der Waals surface area contributed by atoms with Crippen molar-refractivity contribution in [3.8, 4) is 11.5 Å². The van der Waals surface area contributed by atoms with E-state index in [-0.39, 0.29) is 5.91 Å². The highest BCUT2D eigenvalue weighted by atomic mass is 16.5. The molecule has 0 unspecified atom stereocenters. The topological polar surface area (TPSA) is 103 Å². The molecule has 3 aromatic rings. The largest absolute Gasteiger partial charge is 0.493 e. The standard InChI is InChI=1S/C15H16N6O3/c1-21-14-10(7-18-21)13(16-8-17-14)19-20-15(22)9-4-5-11(23-2)12(6-9)24-3/h4-8H,1-3H3,(H,20,22)(H,16,17,19). The van der Waals surface area contributed by atoms with Crippen molar-refractivity contribution >= 4 is 22.8 Å². The molecule has 2 N–H and O–H groups in total. The normalized spacial score (nSPS) is 10.5. The average Bonchev–Trinajstić information content (AvgIpc) is 3.00. The van der Waals surface area contributed by atoms with E-state index in [9.17, 15) is 4.79 Å². The van der Waals surface area contributed by atoms with Gasteiger partial charge < -0.3 is 9.47 Å². The van der Waals surface area contributed by atoms with Crippen LogP contribution in [0.5, 0.6) is 11.5 Å². The van der Waals surface area contributed by atoms with Crippen LogP contribution >= 0.6 is 0 Å². The number of aryl methyl sites for hydroxylation is 1.